The van der Waals surface area contributed by atoms with Gasteiger partial charge in [0.05, 0.1) is 10.4 Å². The van der Waals surface area contributed by atoms with Crippen LogP contribution in [0.1, 0.15) is 16.8 Å². The maximum atomic E-state index is 12.8. The van der Waals surface area contributed by atoms with Gasteiger partial charge in [-0.15, -0.1) is 0 Å². The third-order valence-corrected chi connectivity index (χ3v) is 6.55. The highest BCUT2D eigenvalue weighted by Crippen LogP contribution is 2.27. The first kappa shape index (κ1) is 20.6. The van der Waals surface area contributed by atoms with Crippen molar-refractivity contribution in [2.45, 2.75) is 11.3 Å². The van der Waals surface area contributed by atoms with Crippen LogP contribution in [-0.4, -0.2) is 61.6 Å². The van der Waals surface area contributed by atoms with E-state index in [1.54, 1.807) is 42.5 Å². The van der Waals surface area contributed by atoms with Crippen LogP contribution in [-0.2, 0) is 9.84 Å². The van der Waals surface area contributed by atoms with Gasteiger partial charge in [0.15, 0.2) is 9.84 Å². The molecule has 0 bridgehead atoms. The number of fused-ring (bicyclic) bond motifs is 1. The number of hydrogen-bond acceptors (Lipinski definition) is 6. The minimum absolute atomic E-state index is 0.0274. The number of aromatic nitrogens is 2. The van der Waals surface area contributed by atoms with Gasteiger partial charge >= 0.3 is 0 Å². The van der Waals surface area contributed by atoms with Crippen molar-refractivity contribution in [3.05, 3.63) is 59.4 Å². The third-order valence-electron chi connectivity index (χ3n) is 5.19. The molecular weight excluding hydrogens is 424 g/mol. The first-order valence-electron chi connectivity index (χ1n) is 9.57. The monoisotopic (exact) mass is 444 g/mol. The van der Waals surface area contributed by atoms with Crippen molar-refractivity contribution in [2.24, 2.45) is 0 Å². The lowest BCUT2D eigenvalue weighted by Crippen LogP contribution is -2.35. The Morgan fingerprint density at radius 3 is 2.50 bits per heavy atom. The van der Waals surface area contributed by atoms with Gasteiger partial charge in [0.25, 0.3) is 5.91 Å². The van der Waals surface area contributed by atoms with E-state index >= 15 is 0 Å². The number of sulfone groups is 1. The molecule has 2 heterocycles. The maximum absolute atomic E-state index is 12.8. The van der Waals surface area contributed by atoms with E-state index in [0.717, 1.165) is 6.42 Å². The Labute approximate surface area is 180 Å². The second-order valence-corrected chi connectivity index (χ2v) is 9.74. The Kier molecular flexibility index (Phi) is 5.62. The molecule has 3 aromatic rings. The lowest BCUT2D eigenvalue weighted by atomic mass is 10.2. The molecule has 0 atom stereocenters. The Morgan fingerprint density at radius 2 is 1.77 bits per heavy atom. The highest BCUT2D eigenvalue weighted by molar-refractivity contribution is 7.90. The van der Waals surface area contributed by atoms with E-state index in [-0.39, 0.29) is 10.8 Å². The molecule has 1 aliphatic heterocycles. The molecule has 30 heavy (non-hydrogen) atoms. The summed E-state index contributed by atoms with van der Waals surface area (Å²) in [4.78, 5) is 25.7. The molecule has 9 heteroatoms. The maximum Gasteiger partial charge on any atom is 0.253 e. The number of rotatable bonds is 3. The fourth-order valence-corrected chi connectivity index (χ4v) is 4.39. The lowest BCUT2D eigenvalue weighted by Gasteiger charge is -2.24. The van der Waals surface area contributed by atoms with Crippen molar-refractivity contribution in [1.29, 1.82) is 0 Å². The molecule has 0 aliphatic carbocycles. The summed E-state index contributed by atoms with van der Waals surface area (Å²) in [6.07, 6.45) is 3.44. The number of anilines is 1. The summed E-state index contributed by atoms with van der Waals surface area (Å²) < 4.78 is 24.0. The summed E-state index contributed by atoms with van der Waals surface area (Å²) >= 11 is 5.92. The summed E-state index contributed by atoms with van der Waals surface area (Å²) in [6, 6.07) is 11.8. The quantitative estimate of drug-likeness (QED) is 0.617. The van der Waals surface area contributed by atoms with Gasteiger partial charge in [-0.3, -0.25) is 4.79 Å². The van der Waals surface area contributed by atoms with E-state index in [1.165, 1.54) is 12.6 Å². The van der Waals surface area contributed by atoms with Crippen molar-refractivity contribution in [2.75, 3.05) is 37.3 Å². The van der Waals surface area contributed by atoms with Crippen LogP contribution >= 0.6 is 11.6 Å². The average Bonchev–Trinajstić information content (AvgIpc) is 2.98. The summed E-state index contributed by atoms with van der Waals surface area (Å²) in [6.45, 7) is 2.47. The number of halogens is 1. The second kappa shape index (κ2) is 8.20. The van der Waals surface area contributed by atoms with Gasteiger partial charge in [-0.1, -0.05) is 11.6 Å². The Morgan fingerprint density at radius 1 is 1.00 bits per heavy atom. The molecule has 1 aliphatic rings. The Hall–Kier alpha value is -2.71. The van der Waals surface area contributed by atoms with E-state index in [0.29, 0.717) is 53.5 Å². The van der Waals surface area contributed by atoms with Crippen LogP contribution in [0.3, 0.4) is 0 Å². The number of carbonyl (C=O) groups is 1. The van der Waals surface area contributed by atoms with Gasteiger partial charge < -0.3 is 9.80 Å². The van der Waals surface area contributed by atoms with Crippen LogP contribution in [0.25, 0.3) is 10.9 Å². The molecule has 7 nitrogen and oxygen atoms in total. The zero-order valence-corrected chi connectivity index (χ0v) is 18.0. The molecule has 0 spiro atoms. The molecule has 1 fully saturated rings. The van der Waals surface area contributed by atoms with Gasteiger partial charge in [-0.05, 0) is 48.9 Å². The molecule has 4 rings (SSSR count). The molecule has 0 N–H and O–H groups in total. The topological polar surface area (TPSA) is 83.5 Å². The van der Waals surface area contributed by atoms with Crippen LogP contribution in [0, 0.1) is 0 Å². The molecule has 0 unspecified atom stereocenters. The van der Waals surface area contributed by atoms with Gasteiger partial charge in [-0.2, -0.15) is 0 Å². The standard InChI is InChI=1S/C21H21ClN4O3S/c1-30(28,29)17-7-8-19-18(13-17)20(24-14-23-19)25-9-2-10-26(12-11-25)21(27)15-3-5-16(22)6-4-15/h3-8,13-14H,2,9-12H2,1H3. The Balaban J connectivity index is 1.59. The fourth-order valence-electron chi connectivity index (χ4n) is 3.61. The summed E-state index contributed by atoms with van der Waals surface area (Å²) in [5, 5.41) is 1.29. The lowest BCUT2D eigenvalue weighted by molar-refractivity contribution is 0.0767. The van der Waals surface area contributed by atoms with E-state index in [4.69, 9.17) is 11.6 Å². The normalized spacial score (nSPS) is 15.3. The van der Waals surface area contributed by atoms with Crippen molar-refractivity contribution >= 4 is 44.1 Å². The van der Waals surface area contributed by atoms with Gasteiger partial charge in [0.1, 0.15) is 12.1 Å². The molecular formula is C21H21ClN4O3S. The first-order valence-corrected chi connectivity index (χ1v) is 11.8. The van der Waals surface area contributed by atoms with E-state index < -0.39 is 9.84 Å². The third kappa shape index (κ3) is 4.24. The minimum Gasteiger partial charge on any atom is -0.354 e. The predicted octanol–water partition coefficient (Wildman–Crippen LogP) is 3.04. The number of carbonyl (C=O) groups excluding carboxylic acids is 1. The molecule has 1 aromatic heterocycles. The second-order valence-electron chi connectivity index (χ2n) is 7.29. The number of hydrogen-bond donors (Lipinski definition) is 0. The first-order chi connectivity index (χ1) is 14.3. The van der Waals surface area contributed by atoms with E-state index in [9.17, 15) is 13.2 Å². The summed E-state index contributed by atoms with van der Waals surface area (Å²) in [7, 11) is -3.34. The van der Waals surface area contributed by atoms with Crippen molar-refractivity contribution in [3.8, 4) is 0 Å². The molecule has 0 saturated carbocycles. The van der Waals surface area contributed by atoms with Crippen LogP contribution < -0.4 is 4.90 Å². The number of amides is 1. The van der Waals surface area contributed by atoms with Gasteiger partial charge in [-0.25, -0.2) is 18.4 Å². The van der Waals surface area contributed by atoms with Gasteiger partial charge in [0.2, 0.25) is 0 Å². The molecule has 1 saturated heterocycles. The average molecular weight is 445 g/mol. The van der Waals surface area contributed by atoms with E-state index in [1.807, 2.05) is 4.90 Å². The highest BCUT2D eigenvalue weighted by Gasteiger charge is 2.22. The largest absolute Gasteiger partial charge is 0.354 e. The smallest absolute Gasteiger partial charge is 0.253 e. The van der Waals surface area contributed by atoms with Crippen LogP contribution in [0.15, 0.2) is 53.7 Å². The molecule has 156 valence electrons. The molecule has 0 radical (unpaired) electrons. The zero-order chi connectivity index (χ0) is 21.3. The Bertz CT molecular complexity index is 1200. The minimum atomic E-state index is -3.34. The van der Waals surface area contributed by atoms with Crippen molar-refractivity contribution in [3.63, 3.8) is 0 Å². The van der Waals surface area contributed by atoms with E-state index in [2.05, 4.69) is 14.9 Å². The number of benzene rings is 2. The molecule has 1 amide bonds. The van der Waals surface area contributed by atoms with Crippen LogP contribution in [0.5, 0.6) is 0 Å². The van der Waals surface area contributed by atoms with Gasteiger partial charge in [0, 0.05) is 48.4 Å². The fraction of sp³-hybridized carbons (Fsp3) is 0.286. The summed E-state index contributed by atoms with van der Waals surface area (Å²) in [5.41, 5.74) is 1.30. The van der Waals surface area contributed by atoms with Crippen molar-refractivity contribution < 1.29 is 13.2 Å². The molecule has 2 aromatic carbocycles. The highest BCUT2D eigenvalue weighted by atomic mass is 35.5. The summed E-state index contributed by atoms with van der Waals surface area (Å²) in [5.74, 6) is 0.659. The van der Waals surface area contributed by atoms with Crippen LogP contribution in [0.4, 0.5) is 5.82 Å². The zero-order valence-electron chi connectivity index (χ0n) is 16.5. The predicted molar refractivity (Wildman–Crippen MR) is 117 cm³/mol. The SMILES string of the molecule is CS(=O)(=O)c1ccc2ncnc(N3CCCN(C(=O)c4ccc(Cl)cc4)CC3)c2c1. The van der Waals surface area contributed by atoms with Crippen LogP contribution in [0.2, 0.25) is 5.02 Å². The number of nitrogens with zero attached hydrogens (tertiary/aromatic N) is 4. The van der Waals surface area contributed by atoms with Crippen molar-refractivity contribution in [1.82, 2.24) is 14.9 Å².